The summed E-state index contributed by atoms with van der Waals surface area (Å²) in [6.07, 6.45) is 2.10. The molecule has 26 heavy (non-hydrogen) atoms. The van der Waals surface area contributed by atoms with Crippen molar-refractivity contribution in [2.75, 3.05) is 37.8 Å². The van der Waals surface area contributed by atoms with Gasteiger partial charge >= 0.3 is 5.97 Å². The number of ether oxygens (including phenoxy) is 2. The SMILES string of the molecule is CCOC(=O)c1nc(Br)c(C)nc1N1CCC2(CC1)COCC2C(C)C. The zero-order valence-corrected chi connectivity index (χ0v) is 17.6. The summed E-state index contributed by atoms with van der Waals surface area (Å²) in [5.74, 6) is 1.44. The molecule has 2 aliphatic rings. The predicted molar refractivity (Wildman–Crippen MR) is 103 cm³/mol. The Kier molecular flexibility index (Phi) is 5.87. The highest BCUT2D eigenvalue weighted by Crippen LogP contribution is 2.47. The number of halogens is 1. The normalized spacial score (nSPS) is 22.2. The van der Waals surface area contributed by atoms with Gasteiger partial charge in [0.15, 0.2) is 11.5 Å². The Morgan fingerprint density at radius 2 is 2.08 bits per heavy atom. The summed E-state index contributed by atoms with van der Waals surface area (Å²) in [4.78, 5) is 23.6. The lowest BCUT2D eigenvalue weighted by molar-refractivity contribution is 0.0519. The van der Waals surface area contributed by atoms with Crippen LogP contribution in [0, 0.1) is 24.2 Å². The van der Waals surface area contributed by atoms with Gasteiger partial charge in [-0.25, -0.2) is 14.8 Å². The highest BCUT2D eigenvalue weighted by atomic mass is 79.9. The van der Waals surface area contributed by atoms with Gasteiger partial charge in [-0.2, -0.15) is 0 Å². The summed E-state index contributed by atoms with van der Waals surface area (Å²) in [5, 5.41) is 0. The molecule has 1 atom stereocenters. The van der Waals surface area contributed by atoms with Gasteiger partial charge in [-0.05, 0) is 54.5 Å². The van der Waals surface area contributed by atoms with Gasteiger partial charge in [0.2, 0.25) is 0 Å². The van der Waals surface area contributed by atoms with Gasteiger partial charge in [0.1, 0.15) is 4.60 Å². The second kappa shape index (κ2) is 7.80. The first-order valence-electron chi connectivity index (χ1n) is 9.42. The minimum Gasteiger partial charge on any atom is -0.461 e. The lowest BCUT2D eigenvalue weighted by atomic mass is 9.67. The first kappa shape index (κ1) is 19.5. The second-order valence-electron chi connectivity index (χ2n) is 7.71. The van der Waals surface area contributed by atoms with E-state index in [9.17, 15) is 4.79 Å². The molecule has 6 nitrogen and oxygen atoms in total. The van der Waals surface area contributed by atoms with Crippen LogP contribution < -0.4 is 4.90 Å². The van der Waals surface area contributed by atoms with Gasteiger partial charge < -0.3 is 14.4 Å². The van der Waals surface area contributed by atoms with Crippen LogP contribution in [0.1, 0.15) is 49.8 Å². The number of aryl methyl sites for hydroxylation is 1. The lowest BCUT2D eigenvalue weighted by Crippen LogP contribution is -2.46. The van der Waals surface area contributed by atoms with E-state index in [1.54, 1.807) is 6.92 Å². The van der Waals surface area contributed by atoms with Gasteiger partial charge in [-0.1, -0.05) is 13.8 Å². The number of piperidine rings is 1. The highest BCUT2D eigenvalue weighted by Gasteiger charge is 2.47. The van der Waals surface area contributed by atoms with Crippen molar-refractivity contribution in [3.05, 3.63) is 16.0 Å². The number of carbonyl (C=O) groups excluding carboxylic acids is 1. The number of anilines is 1. The van der Waals surface area contributed by atoms with Crippen molar-refractivity contribution >= 4 is 27.7 Å². The van der Waals surface area contributed by atoms with Crippen LogP contribution in [0.3, 0.4) is 0 Å². The Bertz CT molecular complexity index is 672. The maximum Gasteiger partial charge on any atom is 0.360 e. The molecule has 0 aromatic carbocycles. The number of aromatic nitrogens is 2. The van der Waals surface area contributed by atoms with E-state index >= 15 is 0 Å². The molecule has 0 radical (unpaired) electrons. The maximum absolute atomic E-state index is 12.4. The largest absolute Gasteiger partial charge is 0.461 e. The molecule has 0 bridgehead atoms. The Morgan fingerprint density at radius 1 is 1.38 bits per heavy atom. The van der Waals surface area contributed by atoms with Crippen LogP contribution in [-0.2, 0) is 9.47 Å². The van der Waals surface area contributed by atoms with Gasteiger partial charge in [0.05, 0.1) is 25.5 Å². The molecule has 0 N–H and O–H groups in total. The van der Waals surface area contributed by atoms with Crippen molar-refractivity contribution in [3.63, 3.8) is 0 Å². The second-order valence-corrected chi connectivity index (χ2v) is 8.46. The maximum atomic E-state index is 12.4. The minimum absolute atomic E-state index is 0.257. The van der Waals surface area contributed by atoms with Gasteiger partial charge in [-0.3, -0.25) is 0 Å². The topological polar surface area (TPSA) is 64.5 Å². The van der Waals surface area contributed by atoms with E-state index in [4.69, 9.17) is 9.47 Å². The van der Waals surface area contributed by atoms with Crippen molar-refractivity contribution < 1.29 is 14.3 Å². The molecule has 1 spiro atoms. The molecule has 0 aliphatic carbocycles. The Balaban J connectivity index is 1.83. The molecule has 1 aromatic heterocycles. The Morgan fingerprint density at radius 3 is 2.69 bits per heavy atom. The molecule has 144 valence electrons. The molecule has 2 saturated heterocycles. The molecule has 0 saturated carbocycles. The average molecular weight is 426 g/mol. The molecular weight excluding hydrogens is 398 g/mol. The third-order valence-corrected chi connectivity index (χ3v) is 6.55. The van der Waals surface area contributed by atoms with E-state index < -0.39 is 5.97 Å². The first-order valence-corrected chi connectivity index (χ1v) is 10.2. The number of esters is 1. The summed E-state index contributed by atoms with van der Waals surface area (Å²) < 4.78 is 11.6. The number of nitrogens with zero attached hydrogens (tertiary/aromatic N) is 3. The van der Waals surface area contributed by atoms with Crippen molar-refractivity contribution in [3.8, 4) is 0 Å². The highest BCUT2D eigenvalue weighted by molar-refractivity contribution is 9.10. The summed E-state index contributed by atoms with van der Waals surface area (Å²) >= 11 is 3.38. The quantitative estimate of drug-likeness (QED) is 0.686. The first-order chi connectivity index (χ1) is 12.4. The Labute approximate surface area is 163 Å². The van der Waals surface area contributed by atoms with E-state index in [1.165, 1.54) is 0 Å². The van der Waals surface area contributed by atoms with E-state index in [1.807, 2.05) is 6.92 Å². The molecule has 3 heterocycles. The zero-order valence-electron chi connectivity index (χ0n) is 16.0. The number of hydrogen-bond donors (Lipinski definition) is 0. The fourth-order valence-electron chi connectivity index (χ4n) is 4.30. The minimum atomic E-state index is -0.416. The van der Waals surface area contributed by atoms with Crippen LogP contribution >= 0.6 is 15.9 Å². The van der Waals surface area contributed by atoms with Crippen molar-refractivity contribution in [1.82, 2.24) is 9.97 Å². The smallest absolute Gasteiger partial charge is 0.360 e. The van der Waals surface area contributed by atoms with Crippen LogP contribution in [0.15, 0.2) is 4.60 Å². The van der Waals surface area contributed by atoms with Crippen molar-refractivity contribution in [1.29, 1.82) is 0 Å². The predicted octanol–water partition coefficient (Wildman–Crippen LogP) is 3.61. The average Bonchev–Trinajstić information content (AvgIpc) is 3.01. The fraction of sp³-hybridized carbons (Fsp3) is 0.737. The third kappa shape index (κ3) is 3.60. The molecule has 2 aliphatic heterocycles. The molecule has 0 amide bonds. The molecule has 1 aromatic rings. The van der Waals surface area contributed by atoms with Crippen LogP contribution in [0.4, 0.5) is 5.82 Å². The van der Waals surface area contributed by atoms with E-state index in [-0.39, 0.29) is 5.41 Å². The lowest BCUT2D eigenvalue weighted by Gasteiger charge is -2.43. The van der Waals surface area contributed by atoms with Crippen LogP contribution in [0.5, 0.6) is 0 Å². The molecule has 7 heteroatoms. The van der Waals surface area contributed by atoms with Crippen LogP contribution in [0.25, 0.3) is 0 Å². The molecule has 2 fully saturated rings. The number of rotatable bonds is 4. The van der Waals surface area contributed by atoms with Crippen LogP contribution in [0.2, 0.25) is 0 Å². The molecular formula is C19H28BrN3O3. The summed E-state index contributed by atoms with van der Waals surface area (Å²) in [7, 11) is 0. The third-order valence-electron chi connectivity index (χ3n) is 5.80. The number of carbonyl (C=O) groups is 1. The summed E-state index contributed by atoms with van der Waals surface area (Å²) in [6.45, 7) is 12.0. The molecule has 1 unspecified atom stereocenters. The summed E-state index contributed by atoms with van der Waals surface area (Å²) in [6, 6.07) is 0. The van der Waals surface area contributed by atoms with E-state index in [0.29, 0.717) is 34.6 Å². The van der Waals surface area contributed by atoms with Gasteiger partial charge in [0, 0.05) is 18.5 Å². The zero-order chi connectivity index (χ0) is 18.9. The van der Waals surface area contributed by atoms with Crippen molar-refractivity contribution in [2.24, 2.45) is 17.3 Å². The summed E-state index contributed by atoms with van der Waals surface area (Å²) in [5.41, 5.74) is 1.33. The monoisotopic (exact) mass is 425 g/mol. The fourth-order valence-corrected chi connectivity index (χ4v) is 4.56. The van der Waals surface area contributed by atoms with Gasteiger partial charge in [0.25, 0.3) is 0 Å². The Hall–Kier alpha value is -1.21. The number of hydrogen-bond acceptors (Lipinski definition) is 6. The standard InChI is InChI=1S/C19H28BrN3O3/c1-5-26-18(24)15-17(21-13(4)16(20)22-15)23-8-6-19(7-9-23)11-25-10-14(19)12(2)3/h12,14H,5-11H2,1-4H3. The van der Waals surface area contributed by atoms with E-state index in [2.05, 4.69) is 44.6 Å². The molecule has 3 rings (SSSR count). The van der Waals surface area contributed by atoms with Crippen molar-refractivity contribution in [2.45, 2.75) is 40.5 Å². The van der Waals surface area contributed by atoms with Crippen LogP contribution in [-0.4, -0.2) is 48.8 Å². The van der Waals surface area contributed by atoms with E-state index in [0.717, 1.165) is 44.8 Å². The van der Waals surface area contributed by atoms with Gasteiger partial charge in [-0.15, -0.1) is 0 Å².